The Kier molecular flexibility index (Phi) is 4.18. The maximum absolute atomic E-state index is 11.9. The first-order chi connectivity index (χ1) is 6.88. The zero-order chi connectivity index (χ0) is 11.6. The summed E-state index contributed by atoms with van der Waals surface area (Å²) < 4.78 is 0. The van der Waals surface area contributed by atoms with Gasteiger partial charge in [-0.15, -0.1) is 0 Å². The Morgan fingerprint density at radius 2 is 2.20 bits per heavy atom. The van der Waals surface area contributed by atoms with Gasteiger partial charge in [-0.25, -0.2) is 0 Å². The minimum Gasteiger partial charge on any atom is -0.396 e. The Bertz CT molecular complexity index is 237. The first-order valence-electron chi connectivity index (χ1n) is 5.43. The molecule has 0 spiro atoms. The normalized spacial score (nSPS) is 24.7. The van der Waals surface area contributed by atoms with Crippen LogP contribution < -0.4 is 0 Å². The number of amides is 1. The molecule has 1 amide bonds. The Labute approximate surface area is 100.0 Å². The smallest absolute Gasteiger partial charge is 0.236 e. The molecular formula is C11H20BrNO2. The summed E-state index contributed by atoms with van der Waals surface area (Å²) in [7, 11) is 0. The maximum Gasteiger partial charge on any atom is 0.236 e. The number of rotatable bonds is 3. The Balaban J connectivity index is 2.77. The molecule has 0 aliphatic carbocycles. The summed E-state index contributed by atoms with van der Waals surface area (Å²) in [6.45, 7) is 7.28. The molecule has 0 aromatic carbocycles. The molecule has 1 fully saturated rings. The zero-order valence-corrected chi connectivity index (χ0v) is 11.2. The van der Waals surface area contributed by atoms with Crippen LogP contribution in [0.15, 0.2) is 0 Å². The van der Waals surface area contributed by atoms with Crippen molar-refractivity contribution < 1.29 is 9.90 Å². The molecule has 0 aromatic rings. The monoisotopic (exact) mass is 277 g/mol. The minimum atomic E-state index is -0.0268. The van der Waals surface area contributed by atoms with Crippen LogP contribution in [0.4, 0.5) is 0 Å². The summed E-state index contributed by atoms with van der Waals surface area (Å²) in [4.78, 5) is 13.8. The molecule has 88 valence electrons. The van der Waals surface area contributed by atoms with Crippen molar-refractivity contribution in [1.29, 1.82) is 0 Å². The molecule has 3 nitrogen and oxygen atoms in total. The number of halogens is 1. The predicted molar refractivity (Wildman–Crippen MR) is 64.0 cm³/mol. The fraction of sp³-hybridized carbons (Fsp3) is 0.909. The Morgan fingerprint density at radius 3 is 2.53 bits per heavy atom. The zero-order valence-electron chi connectivity index (χ0n) is 9.66. The third kappa shape index (κ3) is 2.94. The van der Waals surface area contributed by atoms with Crippen LogP contribution in [0.1, 0.15) is 33.6 Å². The number of carbonyl (C=O) groups is 1. The molecule has 0 aromatic heterocycles. The van der Waals surface area contributed by atoms with Crippen LogP contribution in [-0.4, -0.2) is 39.9 Å². The van der Waals surface area contributed by atoms with Gasteiger partial charge in [-0.05, 0) is 18.3 Å². The number of aliphatic hydroxyl groups excluding tert-OH is 1. The van der Waals surface area contributed by atoms with E-state index in [1.165, 1.54) is 0 Å². The van der Waals surface area contributed by atoms with Gasteiger partial charge in [-0.2, -0.15) is 0 Å². The van der Waals surface area contributed by atoms with Crippen molar-refractivity contribution >= 4 is 21.8 Å². The second-order valence-electron chi connectivity index (χ2n) is 5.18. The van der Waals surface area contributed by atoms with Crippen molar-refractivity contribution in [2.75, 3.05) is 13.2 Å². The van der Waals surface area contributed by atoms with Crippen molar-refractivity contribution in [2.24, 2.45) is 5.41 Å². The molecule has 1 aliphatic rings. The maximum atomic E-state index is 11.9. The van der Waals surface area contributed by atoms with E-state index in [0.29, 0.717) is 6.42 Å². The van der Waals surface area contributed by atoms with Gasteiger partial charge >= 0.3 is 0 Å². The molecule has 15 heavy (non-hydrogen) atoms. The number of hydrogen-bond donors (Lipinski definition) is 1. The third-order valence-corrected chi connectivity index (χ3v) is 3.80. The molecule has 1 saturated heterocycles. The van der Waals surface area contributed by atoms with E-state index in [1.54, 1.807) is 0 Å². The highest BCUT2D eigenvalue weighted by molar-refractivity contribution is 9.10. The van der Waals surface area contributed by atoms with Crippen LogP contribution in [0.25, 0.3) is 0 Å². The Morgan fingerprint density at radius 1 is 1.60 bits per heavy atom. The average Bonchev–Trinajstić information content (AvgIpc) is 2.43. The van der Waals surface area contributed by atoms with Crippen LogP contribution in [0.3, 0.4) is 0 Å². The second kappa shape index (κ2) is 4.83. The first-order valence-corrected chi connectivity index (χ1v) is 6.35. The van der Waals surface area contributed by atoms with Crippen molar-refractivity contribution in [1.82, 2.24) is 4.90 Å². The van der Waals surface area contributed by atoms with Crippen LogP contribution in [0, 0.1) is 5.41 Å². The van der Waals surface area contributed by atoms with Gasteiger partial charge in [0.25, 0.3) is 0 Å². The lowest BCUT2D eigenvalue weighted by Gasteiger charge is -2.37. The van der Waals surface area contributed by atoms with E-state index in [-0.39, 0.29) is 28.8 Å². The van der Waals surface area contributed by atoms with Crippen molar-refractivity contribution in [3.05, 3.63) is 0 Å². The summed E-state index contributed by atoms with van der Waals surface area (Å²) in [5.74, 6) is 0.170. The second-order valence-corrected chi connectivity index (χ2v) is 6.29. The van der Waals surface area contributed by atoms with Gasteiger partial charge in [0.15, 0.2) is 0 Å². The van der Waals surface area contributed by atoms with E-state index in [2.05, 4.69) is 36.7 Å². The molecule has 0 radical (unpaired) electrons. The molecule has 2 atom stereocenters. The van der Waals surface area contributed by atoms with Gasteiger partial charge in [0.2, 0.25) is 5.91 Å². The number of likely N-dealkylation sites (tertiary alicyclic amines) is 1. The lowest BCUT2D eigenvalue weighted by Crippen LogP contribution is -2.46. The van der Waals surface area contributed by atoms with Crippen LogP contribution in [0.5, 0.6) is 0 Å². The number of aliphatic hydroxyl groups is 1. The summed E-state index contributed by atoms with van der Waals surface area (Å²) in [5, 5.41) is 9.06. The summed E-state index contributed by atoms with van der Waals surface area (Å²) >= 11 is 3.38. The lowest BCUT2D eigenvalue weighted by atomic mass is 9.84. The molecule has 0 saturated carbocycles. The van der Waals surface area contributed by atoms with Crippen molar-refractivity contribution in [3.8, 4) is 0 Å². The van der Waals surface area contributed by atoms with E-state index >= 15 is 0 Å². The highest BCUT2D eigenvalue weighted by atomic mass is 79.9. The SMILES string of the molecule is CC(C)(C)C(CCO)N1CCC(Br)C1=O. The standard InChI is InChI=1S/C11H20BrNO2/c1-11(2,3)9(5-7-14)13-6-4-8(12)10(13)15/h8-9,14H,4-7H2,1-3H3. The molecule has 1 aliphatic heterocycles. The Hall–Kier alpha value is -0.0900. The van der Waals surface area contributed by atoms with E-state index in [1.807, 2.05) is 4.90 Å². The van der Waals surface area contributed by atoms with Gasteiger partial charge < -0.3 is 10.0 Å². The lowest BCUT2D eigenvalue weighted by molar-refractivity contribution is -0.131. The minimum absolute atomic E-state index is 0.0233. The third-order valence-electron chi connectivity index (χ3n) is 2.95. The molecule has 1 N–H and O–H groups in total. The summed E-state index contributed by atoms with van der Waals surface area (Å²) in [6.07, 6.45) is 1.53. The topological polar surface area (TPSA) is 40.5 Å². The molecule has 1 rings (SSSR count). The average molecular weight is 278 g/mol. The van der Waals surface area contributed by atoms with E-state index < -0.39 is 0 Å². The summed E-state index contributed by atoms with van der Waals surface area (Å²) in [5.41, 5.74) is 0.0233. The number of nitrogens with zero attached hydrogens (tertiary/aromatic N) is 1. The van der Waals surface area contributed by atoms with Crippen LogP contribution >= 0.6 is 15.9 Å². The van der Waals surface area contributed by atoms with E-state index in [0.717, 1.165) is 13.0 Å². The van der Waals surface area contributed by atoms with Gasteiger partial charge in [-0.3, -0.25) is 4.79 Å². The number of carbonyl (C=O) groups excluding carboxylic acids is 1. The quantitative estimate of drug-likeness (QED) is 0.799. The van der Waals surface area contributed by atoms with Crippen molar-refractivity contribution in [2.45, 2.75) is 44.5 Å². The largest absolute Gasteiger partial charge is 0.396 e. The van der Waals surface area contributed by atoms with Crippen LogP contribution in [-0.2, 0) is 4.79 Å². The van der Waals surface area contributed by atoms with Gasteiger partial charge in [0.05, 0.1) is 4.83 Å². The van der Waals surface area contributed by atoms with E-state index in [9.17, 15) is 4.79 Å². The fourth-order valence-corrected chi connectivity index (χ4v) is 2.62. The fourth-order valence-electron chi connectivity index (χ4n) is 2.15. The highest BCUT2D eigenvalue weighted by Gasteiger charge is 2.38. The van der Waals surface area contributed by atoms with Crippen LogP contribution in [0.2, 0.25) is 0 Å². The first kappa shape index (κ1) is 13.0. The van der Waals surface area contributed by atoms with Gasteiger partial charge in [0.1, 0.15) is 0 Å². The predicted octanol–water partition coefficient (Wildman–Crippen LogP) is 1.78. The highest BCUT2D eigenvalue weighted by Crippen LogP contribution is 2.31. The molecular weight excluding hydrogens is 258 g/mol. The number of hydrogen-bond acceptors (Lipinski definition) is 2. The van der Waals surface area contributed by atoms with Crippen molar-refractivity contribution in [3.63, 3.8) is 0 Å². The van der Waals surface area contributed by atoms with E-state index in [4.69, 9.17) is 5.11 Å². The summed E-state index contributed by atoms with van der Waals surface area (Å²) in [6, 6.07) is 0.137. The molecule has 1 heterocycles. The number of alkyl halides is 1. The molecule has 0 bridgehead atoms. The van der Waals surface area contributed by atoms with Gasteiger partial charge in [0, 0.05) is 19.2 Å². The molecule has 2 unspecified atom stereocenters. The van der Waals surface area contributed by atoms with Gasteiger partial charge in [-0.1, -0.05) is 36.7 Å². The molecule has 4 heteroatoms.